The van der Waals surface area contributed by atoms with Gasteiger partial charge in [-0.25, -0.2) is 9.59 Å². The van der Waals surface area contributed by atoms with E-state index in [4.69, 9.17) is 9.47 Å². The molecule has 0 aliphatic rings. The third-order valence-electron chi connectivity index (χ3n) is 7.88. The molecule has 4 amide bonds. The van der Waals surface area contributed by atoms with Gasteiger partial charge in [0.15, 0.2) is 0 Å². The van der Waals surface area contributed by atoms with Crippen molar-refractivity contribution in [1.82, 2.24) is 21.3 Å². The summed E-state index contributed by atoms with van der Waals surface area (Å²) in [5, 5.41) is 25.3. The fourth-order valence-corrected chi connectivity index (χ4v) is 5.52. The van der Waals surface area contributed by atoms with Gasteiger partial charge in [-0.1, -0.05) is 84.9 Å². The molecule has 0 spiro atoms. The molecule has 0 bridgehead atoms. The SMILES string of the molecule is CC(C)(C)OC(=O)N[C@@H](Cc1ccc2ccccc2c1)C(=O)NCCC(CO)NC(=O)[C@H](Cc1ccc2ccccc2c1)NC(=O)OC(C)(C)C. The minimum absolute atomic E-state index is 0.0867. The van der Waals surface area contributed by atoms with Crippen LogP contribution in [0.2, 0.25) is 0 Å². The molecule has 4 rings (SSSR count). The number of ether oxygens (including phenoxy) is 2. The Morgan fingerprint density at radius 2 is 1.04 bits per heavy atom. The van der Waals surface area contributed by atoms with Gasteiger partial charge in [0.25, 0.3) is 0 Å². The second-order valence-corrected chi connectivity index (χ2v) is 14.6. The van der Waals surface area contributed by atoms with Crippen molar-refractivity contribution in [2.75, 3.05) is 13.2 Å². The van der Waals surface area contributed by atoms with Crippen LogP contribution in [-0.4, -0.2) is 71.6 Å². The van der Waals surface area contributed by atoms with E-state index < -0.39 is 59.9 Å². The molecule has 4 aromatic carbocycles. The van der Waals surface area contributed by atoms with Gasteiger partial charge >= 0.3 is 12.2 Å². The van der Waals surface area contributed by atoms with Gasteiger partial charge in [-0.2, -0.15) is 0 Å². The van der Waals surface area contributed by atoms with E-state index in [9.17, 15) is 24.3 Å². The first kappa shape index (κ1) is 38.6. The van der Waals surface area contributed by atoms with Crippen molar-refractivity contribution in [2.45, 2.75) is 90.1 Å². The van der Waals surface area contributed by atoms with Crippen LogP contribution in [0.4, 0.5) is 9.59 Å². The second kappa shape index (κ2) is 17.2. The molecule has 0 saturated heterocycles. The number of fused-ring (bicyclic) bond motifs is 2. The Morgan fingerprint density at radius 1 is 0.608 bits per heavy atom. The molecular weight excluding hydrogens is 648 g/mol. The molecule has 0 fully saturated rings. The second-order valence-electron chi connectivity index (χ2n) is 14.6. The molecule has 0 aromatic heterocycles. The number of carbonyl (C=O) groups excluding carboxylic acids is 4. The van der Waals surface area contributed by atoms with E-state index in [2.05, 4.69) is 21.3 Å². The van der Waals surface area contributed by atoms with Gasteiger partial charge in [0.2, 0.25) is 11.8 Å². The van der Waals surface area contributed by atoms with E-state index >= 15 is 0 Å². The number of rotatable bonds is 13. The number of nitrogens with one attached hydrogen (secondary N) is 4. The Labute approximate surface area is 299 Å². The third kappa shape index (κ3) is 12.6. The summed E-state index contributed by atoms with van der Waals surface area (Å²) in [4.78, 5) is 52.5. The summed E-state index contributed by atoms with van der Waals surface area (Å²) in [6.45, 7) is 10.1. The van der Waals surface area contributed by atoms with Crippen molar-refractivity contribution in [3.8, 4) is 0 Å². The smallest absolute Gasteiger partial charge is 0.408 e. The Balaban J connectivity index is 1.41. The number of aliphatic hydroxyl groups excluding tert-OH is 1. The number of carbonyl (C=O) groups is 4. The first-order valence-electron chi connectivity index (χ1n) is 17.2. The molecule has 272 valence electrons. The summed E-state index contributed by atoms with van der Waals surface area (Å²) in [5.41, 5.74) is 0.142. The zero-order chi connectivity index (χ0) is 37.2. The summed E-state index contributed by atoms with van der Waals surface area (Å²) >= 11 is 0. The number of benzene rings is 4. The van der Waals surface area contributed by atoms with Crippen LogP contribution in [0.15, 0.2) is 84.9 Å². The van der Waals surface area contributed by atoms with E-state index in [1.165, 1.54) is 0 Å². The number of aliphatic hydroxyl groups is 1. The molecule has 0 saturated carbocycles. The molecule has 1 unspecified atom stereocenters. The number of amides is 4. The predicted octanol–water partition coefficient (Wildman–Crippen LogP) is 5.55. The van der Waals surface area contributed by atoms with Crippen LogP contribution in [0.5, 0.6) is 0 Å². The lowest BCUT2D eigenvalue weighted by Crippen LogP contribution is -2.53. The van der Waals surface area contributed by atoms with Crippen molar-refractivity contribution in [2.24, 2.45) is 0 Å². The molecule has 5 N–H and O–H groups in total. The van der Waals surface area contributed by atoms with Crippen molar-refractivity contribution < 1.29 is 33.8 Å². The summed E-state index contributed by atoms with van der Waals surface area (Å²) in [7, 11) is 0. The molecule has 11 nitrogen and oxygen atoms in total. The highest BCUT2D eigenvalue weighted by Crippen LogP contribution is 2.19. The molecule has 0 radical (unpaired) electrons. The van der Waals surface area contributed by atoms with E-state index in [0.717, 1.165) is 32.7 Å². The zero-order valence-corrected chi connectivity index (χ0v) is 30.2. The summed E-state index contributed by atoms with van der Waals surface area (Å²) in [5.74, 6) is -0.960. The average molecular weight is 699 g/mol. The van der Waals surface area contributed by atoms with Crippen LogP contribution in [-0.2, 0) is 31.9 Å². The molecular formula is C40H50N4O7. The average Bonchev–Trinajstić information content (AvgIpc) is 3.05. The number of hydrogen-bond donors (Lipinski definition) is 5. The fourth-order valence-electron chi connectivity index (χ4n) is 5.52. The van der Waals surface area contributed by atoms with Gasteiger partial charge in [0, 0.05) is 19.4 Å². The predicted molar refractivity (Wildman–Crippen MR) is 198 cm³/mol. The Kier molecular flexibility index (Phi) is 13.0. The first-order valence-corrected chi connectivity index (χ1v) is 17.2. The maximum atomic E-state index is 13.6. The lowest BCUT2D eigenvalue weighted by atomic mass is 10.0. The normalized spacial score (nSPS) is 13.5. The van der Waals surface area contributed by atoms with Crippen molar-refractivity contribution in [3.63, 3.8) is 0 Å². The number of hydrogen-bond acceptors (Lipinski definition) is 7. The Morgan fingerprint density at radius 3 is 1.47 bits per heavy atom. The fraction of sp³-hybridized carbons (Fsp3) is 0.400. The topological polar surface area (TPSA) is 155 Å². The largest absolute Gasteiger partial charge is 0.444 e. The summed E-state index contributed by atoms with van der Waals surface area (Å²) in [6, 6.07) is 24.7. The molecule has 51 heavy (non-hydrogen) atoms. The highest BCUT2D eigenvalue weighted by Gasteiger charge is 2.28. The van der Waals surface area contributed by atoms with Gasteiger partial charge in [-0.3, -0.25) is 9.59 Å². The molecule has 0 heterocycles. The molecule has 4 aromatic rings. The van der Waals surface area contributed by atoms with E-state index in [1.807, 2.05) is 84.9 Å². The highest BCUT2D eigenvalue weighted by atomic mass is 16.6. The van der Waals surface area contributed by atoms with Gasteiger partial charge in [-0.05, 0) is 80.6 Å². The van der Waals surface area contributed by atoms with Gasteiger partial charge < -0.3 is 35.8 Å². The van der Waals surface area contributed by atoms with E-state index in [1.54, 1.807) is 41.5 Å². The van der Waals surface area contributed by atoms with Crippen molar-refractivity contribution in [1.29, 1.82) is 0 Å². The third-order valence-corrected chi connectivity index (χ3v) is 7.88. The maximum absolute atomic E-state index is 13.6. The van der Waals surface area contributed by atoms with Crippen LogP contribution in [0.3, 0.4) is 0 Å². The zero-order valence-electron chi connectivity index (χ0n) is 30.2. The Bertz CT molecular complexity index is 1830. The minimum atomic E-state index is -1.01. The standard InChI is InChI=1S/C40H50N4O7/c1-39(2,3)50-37(48)43-33(23-26-15-17-28-11-7-9-13-30(28)21-26)35(46)41-20-19-32(25-45)42-36(47)34(44-38(49)51-40(4,5)6)24-27-16-18-29-12-8-10-14-31(29)22-27/h7-18,21-22,32-34,45H,19-20,23-25H2,1-6H3,(H,41,46)(H,42,47)(H,43,48)(H,44,49)/t32?,33-,34-/m0/s1. The van der Waals surface area contributed by atoms with Crippen LogP contribution in [0.25, 0.3) is 21.5 Å². The molecule has 0 aliphatic carbocycles. The minimum Gasteiger partial charge on any atom is -0.444 e. The van der Waals surface area contributed by atoms with Crippen LogP contribution >= 0.6 is 0 Å². The van der Waals surface area contributed by atoms with E-state index in [0.29, 0.717) is 0 Å². The lowest BCUT2D eigenvalue weighted by molar-refractivity contribution is -0.124. The quantitative estimate of drug-likeness (QED) is 0.123. The van der Waals surface area contributed by atoms with Gasteiger partial charge in [0.1, 0.15) is 23.3 Å². The van der Waals surface area contributed by atoms with Crippen LogP contribution in [0, 0.1) is 0 Å². The molecule has 3 atom stereocenters. The van der Waals surface area contributed by atoms with E-state index in [-0.39, 0.29) is 25.8 Å². The van der Waals surface area contributed by atoms with Crippen LogP contribution < -0.4 is 21.3 Å². The molecule has 11 heteroatoms. The summed E-state index contributed by atoms with van der Waals surface area (Å²) in [6.07, 6.45) is -0.899. The lowest BCUT2D eigenvalue weighted by Gasteiger charge is -2.25. The van der Waals surface area contributed by atoms with Crippen molar-refractivity contribution in [3.05, 3.63) is 96.1 Å². The number of alkyl carbamates (subject to hydrolysis) is 2. The van der Waals surface area contributed by atoms with Crippen molar-refractivity contribution >= 4 is 45.5 Å². The summed E-state index contributed by atoms with van der Waals surface area (Å²) < 4.78 is 10.8. The highest BCUT2D eigenvalue weighted by molar-refractivity contribution is 5.88. The first-order chi connectivity index (χ1) is 24.1. The van der Waals surface area contributed by atoms with Gasteiger partial charge in [0.05, 0.1) is 12.6 Å². The molecule has 0 aliphatic heterocycles. The van der Waals surface area contributed by atoms with Gasteiger partial charge in [-0.15, -0.1) is 0 Å². The monoisotopic (exact) mass is 698 g/mol. The maximum Gasteiger partial charge on any atom is 0.408 e. The van der Waals surface area contributed by atoms with Crippen LogP contribution in [0.1, 0.15) is 59.1 Å². The Hall–Kier alpha value is -5.16.